The molecule has 0 radical (unpaired) electrons. The fourth-order valence-corrected chi connectivity index (χ4v) is 1.55. The third-order valence-corrected chi connectivity index (χ3v) is 2.50. The van der Waals surface area contributed by atoms with E-state index in [0.717, 1.165) is 24.5 Å². The quantitative estimate of drug-likeness (QED) is 0.736. The van der Waals surface area contributed by atoms with Gasteiger partial charge in [0.2, 0.25) is 5.88 Å². The van der Waals surface area contributed by atoms with Crippen molar-refractivity contribution in [2.75, 3.05) is 20.2 Å². The van der Waals surface area contributed by atoms with Crippen molar-refractivity contribution in [2.45, 2.75) is 12.8 Å². The molecule has 0 aromatic carbocycles. The number of hydrogen-bond donors (Lipinski definition) is 1. The van der Waals surface area contributed by atoms with E-state index in [1.165, 1.54) is 5.56 Å². The van der Waals surface area contributed by atoms with Gasteiger partial charge in [-0.15, -0.1) is 0 Å². The van der Waals surface area contributed by atoms with Crippen molar-refractivity contribution in [3.8, 4) is 5.88 Å². The molecule has 1 saturated heterocycles. The Morgan fingerprint density at radius 3 is 2.77 bits per heavy atom. The maximum Gasteiger partial charge on any atom is 0.215 e. The highest BCUT2D eigenvalue weighted by atomic mass is 16.5. The Kier molecular flexibility index (Phi) is 2.19. The number of pyridine rings is 1. The molecule has 0 unspecified atom stereocenters. The smallest absolute Gasteiger partial charge is 0.215 e. The van der Waals surface area contributed by atoms with E-state index < -0.39 is 0 Å². The summed E-state index contributed by atoms with van der Waals surface area (Å²) < 4.78 is 5.10. The second-order valence-electron chi connectivity index (χ2n) is 3.45. The second kappa shape index (κ2) is 3.34. The van der Waals surface area contributed by atoms with Crippen molar-refractivity contribution in [1.82, 2.24) is 10.3 Å². The summed E-state index contributed by atoms with van der Waals surface area (Å²) in [4.78, 5) is 4.25. The SMILES string of the molecule is COc1ncc(C2CNC2)cc1C. The molecule has 0 aliphatic carbocycles. The van der Waals surface area contributed by atoms with Gasteiger partial charge in [-0.25, -0.2) is 4.98 Å². The molecule has 1 fully saturated rings. The Morgan fingerprint density at radius 2 is 2.31 bits per heavy atom. The summed E-state index contributed by atoms with van der Waals surface area (Å²) in [7, 11) is 1.65. The van der Waals surface area contributed by atoms with Gasteiger partial charge in [0.05, 0.1) is 7.11 Å². The van der Waals surface area contributed by atoms with Crippen LogP contribution in [0.5, 0.6) is 5.88 Å². The minimum Gasteiger partial charge on any atom is -0.481 e. The summed E-state index contributed by atoms with van der Waals surface area (Å²) in [6, 6.07) is 2.16. The van der Waals surface area contributed by atoms with E-state index in [2.05, 4.69) is 16.4 Å². The van der Waals surface area contributed by atoms with Crippen molar-refractivity contribution in [3.63, 3.8) is 0 Å². The van der Waals surface area contributed by atoms with E-state index in [0.29, 0.717) is 5.92 Å². The molecule has 13 heavy (non-hydrogen) atoms. The van der Waals surface area contributed by atoms with Crippen molar-refractivity contribution in [3.05, 3.63) is 23.4 Å². The molecule has 2 heterocycles. The third kappa shape index (κ3) is 1.52. The highest BCUT2D eigenvalue weighted by Crippen LogP contribution is 2.23. The zero-order valence-corrected chi connectivity index (χ0v) is 8.00. The average Bonchev–Trinajstić information content (AvgIpc) is 2.01. The molecule has 0 atom stereocenters. The van der Waals surface area contributed by atoms with Crippen LogP contribution < -0.4 is 10.1 Å². The highest BCUT2D eigenvalue weighted by molar-refractivity contribution is 5.31. The van der Waals surface area contributed by atoms with Crippen LogP contribution in [-0.4, -0.2) is 25.2 Å². The van der Waals surface area contributed by atoms with Crippen molar-refractivity contribution in [1.29, 1.82) is 0 Å². The number of hydrogen-bond acceptors (Lipinski definition) is 3. The first-order valence-electron chi connectivity index (χ1n) is 4.52. The van der Waals surface area contributed by atoms with Gasteiger partial charge < -0.3 is 10.1 Å². The molecular formula is C10H14N2O. The first kappa shape index (κ1) is 8.51. The lowest BCUT2D eigenvalue weighted by Gasteiger charge is -2.27. The largest absolute Gasteiger partial charge is 0.481 e. The van der Waals surface area contributed by atoms with Crippen LogP contribution in [0, 0.1) is 6.92 Å². The first-order valence-corrected chi connectivity index (χ1v) is 4.52. The molecule has 3 nitrogen and oxygen atoms in total. The third-order valence-electron chi connectivity index (χ3n) is 2.50. The fourth-order valence-electron chi connectivity index (χ4n) is 1.55. The molecule has 1 aliphatic heterocycles. The molecule has 3 heteroatoms. The molecule has 0 amide bonds. The number of rotatable bonds is 2. The Hall–Kier alpha value is -1.09. The Balaban J connectivity index is 2.24. The summed E-state index contributed by atoms with van der Waals surface area (Å²) >= 11 is 0. The first-order chi connectivity index (χ1) is 6.31. The van der Waals surface area contributed by atoms with Crippen LogP contribution in [0.4, 0.5) is 0 Å². The summed E-state index contributed by atoms with van der Waals surface area (Å²) in [5.41, 5.74) is 2.43. The van der Waals surface area contributed by atoms with Crippen LogP contribution in [0.3, 0.4) is 0 Å². The Bertz CT molecular complexity index is 308. The van der Waals surface area contributed by atoms with Crippen molar-refractivity contribution < 1.29 is 4.74 Å². The van der Waals surface area contributed by atoms with E-state index in [-0.39, 0.29) is 0 Å². The zero-order valence-electron chi connectivity index (χ0n) is 8.00. The topological polar surface area (TPSA) is 34.1 Å². The van der Waals surface area contributed by atoms with Crippen LogP contribution in [0.25, 0.3) is 0 Å². The lowest BCUT2D eigenvalue weighted by molar-refractivity contribution is 0.392. The van der Waals surface area contributed by atoms with Crippen LogP contribution in [0.2, 0.25) is 0 Å². The lowest BCUT2D eigenvalue weighted by atomic mass is 9.94. The second-order valence-corrected chi connectivity index (χ2v) is 3.45. The number of nitrogens with zero attached hydrogens (tertiary/aromatic N) is 1. The number of methoxy groups -OCH3 is 1. The van der Waals surface area contributed by atoms with Gasteiger partial charge in [0.25, 0.3) is 0 Å². The average molecular weight is 178 g/mol. The zero-order chi connectivity index (χ0) is 9.26. The molecule has 2 rings (SSSR count). The number of ether oxygens (including phenoxy) is 1. The maximum absolute atomic E-state index is 5.10. The molecule has 0 spiro atoms. The van der Waals surface area contributed by atoms with Gasteiger partial charge in [0, 0.05) is 30.8 Å². The number of aryl methyl sites for hydroxylation is 1. The van der Waals surface area contributed by atoms with Crippen molar-refractivity contribution >= 4 is 0 Å². The van der Waals surface area contributed by atoms with Crippen LogP contribution in [-0.2, 0) is 0 Å². The highest BCUT2D eigenvalue weighted by Gasteiger charge is 2.19. The van der Waals surface area contributed by atoms with Gasteiger partial charge in [-0.3, -0.25) is 0 Å². The van der Waals surface area contributed by atoms with Crippen LogP contribution >= 0.6 is 0 Å². The van der Waals surface area contributed by atoms with Gasteiger partial charge >= 0.3 is 0 Å². The van der Waals surface area contributed by atoms with E-state index >= 15 is 0 Å². The molecule has 1 aliphatic rings. The number of nitrogens with one attached hydrogen (secondary N) is 1. The molecular weight excluding hydrogens is 164 g/mol. The van der Waals surface area contributed by atoms with E-state index in [9.17, 15) is 0 Å². The summed E-state index contributed by atoms with van der Waals surface area (Å²) in [5, 5.41) is 3.25. The minimum absolute atomic E-state index is 0.650. The lowest BCUT2D eigenvalue weighted by Crippen LogP contribution is -2.39. The molecule has 1 N–H and O–H groups in total. The van der Waals surface area contributed by atoms with Gasteiger partial charge in [0.1, 0.15) is 0 Å². The maximum atomic E-state index is 5.10. The molecule has 70 valence electrons. The summed E-state index contributed by atoms with van der Waals surface area (Å²) in [6.45, 7) is 4.18. The molecule has 0 saturated carbocycles. The Morgan fingerprint density at radius 1 is 1.54 bits per heavy atom. The minimum atomic E-state index is 0.650. The van der Waals surface area contributed by atoms with Crippen molar-refractivity contribution in [2.24, 2.45) is 0 Å². The van der Waals surface area contributed by atoms with Crippen LogP contribution in [0.15, 0.2) is 12.3 Å². The Labute approximate surface area is 78.1 Å². The van der Waals surface area contributed by atoms with E-state index in [1.54, 1.807) is 7.11 Å². The molecule has 0 bridgehead atoms. The van der Waals surface area contributed by atoms with E-state index in [1.807, 2.05) is 13.1 Å². The van der Waals surface area contributed by atoms with Crippen LogP contribution in [0.1, 0.15) is 17.0 Å². The predicted octanol–water partition coefficient (Wildman–Crippen LogP) is 1.09. The normalized spacial score (nSPS) is 16.8. The van der Waals surface area contributed by atoms with Gasteiger partial charge in [-0.2, -0.15) is 0 Å². The van der Waals surface area contributed by atoms with Gasteiger partial charge in [-0.1, -0.05) is 0 Å². The number of aromatic nitrogens is 1. The summed E-state index contributed by atoms with van der Waals surface area (Å²) in [5.74, 6) is 1.38. The summed E-state index contributed by atoms with van der Waals surface area (Å²) in [6.07, 6.45) is 1.91. The fraction of sp³-hybridized carbons (Fsp3) is 0.500. The standard InChI is InChI=1S/C10H14N2O/c1-7-3-8(9-4-11-5-9)6-12-10(7)13-2/h3,6,9,11H,4-5H2,1-2H3. The monoisotopic (exact) mass is 178 g/mol. The predicted molar refractivity (Wildman–Crippen MR) is 51.1 cm³/mol. The van der Waals surface area contributed by atoms with Gasteiger partial charge in [0.15, 0.2) is 0 Å². The molecule has 1 aromatic rings. The van der Waals surface area contributed by atoms with E-state index in [4.69, 9.17) is 4.74 Å². The molecule has 1 aromatic heterocycles. The van der Waals surface area contributed by atoms with Gasteiger partial charge in [-0.05, 0) is 18.6 Å².